The van der Waals surface area contributed by atoms with Gasteiger partial charge in [-0.05, 0) is 24.8 Å². The van der Waals surface area contributed by atoms with Crippen LogP contribution in [0.2, 0.25) is 0 Å². The van der Waals surface area contributed by atoms with Crippen LogP contribution in [0.5, 0.6) is 0 Å². The molecule has 1 aromatic rings. The van der Waals surface area contributed by atoms with Crippen molar-refractivity contribution in [3.63, 3.8) is 0 Å². The zero-order valence-corrected chi connectivity index (χ0v) is 10.5. The Morgan fingerprint density at radius 1 is 1.47 bits per heavy atom. The third-order valence-electron chi connectivity index (χ3n) is 3.40. The maximum Gasteiger partial charge on any atom is 0.282 e. The van der Waals surface area contributed by atoms with Gasteiger partial charge in [0.05, 0.1) is 4.92 Å². The summed E-state index contributed by atoms with van der Waals surface area (Å²) in [7, 11) is 0. The van der Waals surface area contributed by atoms with Gasteiger partial charge in [0.2, 0.25) is 0 Å². The van der Waals surface area contributed by atoms with Crippen LogP contribution in [0.15, 0.2) is 24.3 Å². The molecule has 1 heterocycles. The van der Waals surface area contributed by atoms with E-state index in [2.05, 4.69) is 0 Å². The monoisotopic (exact) mass is 264 g/mol. The van der Waals surface area contributed by atoms with Crippen LogP contribution in [0.1, 0.15) is 23.2 Å². The molecular formula is C13H16N2O4. The third kappa shape index (κ3) is 2.90. The highest BCUT2D eigenvalue weighted by Gasteiger charge is 2.28. The summed E-state index contributed by atoms with van der Waals surface area (Å²) in [5.74, 6) is -0.258. The van der Waals surface area contributed by atoms with Gasteiger partial charge in [-0.3, -0.25) is 14.9 Å². The molecule has 1 atom stereocenters. The lowest BCUT2D eigenvalue weighted by Gasteiger charge is -2.31. The van der Waals surface area contributed by atoms with Crippen LogP contribution in [0.25, 0.3) is 0 Å². The van der Waals surface area contributed by atoms with Crippen LogP contribution in [-0.4, -0.2) is 40.5 Å². The third-order valence-corrected chi connectivity index (χ3v) is 3.40. The van der Waals surface area contributed by atoms with Gasteiger partial charge in [-0.25, -0.2) is 0 Å². The molecule has 0 saturated carbocycles. The van der Waals surface area contributed by atoms with Crippen molar-refractivity contribution in [2.45, 2.75) is 12.8 Å². The fourth-order valence-electron chi connectivity index (χ4n) is 2.38. The molecule has 6 heteroatoms. The lowest BCUT2D eigenvalue weighted by Crippen LogP contribution is -2.41. The largest absolute Gasteiger partial charge is 0.396 e. The van der Waals surface area contributed by atoms with Gasteiger partial charge >= 0.3 is 0 Å². The Hall–Kier alpha value is -1.95. The van der Waals surface area contributed by atoms with Crippen LogP contribution >= 0.6 is 0 Å². The highest BCUT2D eigenvalue weighted by Crippen LogP contribution is 2.23. The first-order valence-corrected chi connectivity index (χ1v) is 6.27. The molecule has 0 aliphatic carbocycles. The number of nitro benzene ring substituents is 1. The zero-order valence-electron chi connectivity index (χ0n) is 10.5. The summed E-state index contributed by atoms with van der Waals surface area (Å²) in [6.45, 7) is 1.09. The van der Waals surface area contributed by atoms with Gasteiger partial charge in [0.25, 0.3) is 11.6 Å². The van der Waals surface area contributed by atoms with Gasteiger partial charge < -0.3 is 10.0 Å². The topological polar surface area (TPSA) is 83.7 Å². The Bertz CT molecular complexity index is 489. The minimum absolute atomic E-state index is 0.0423. The maximum atomic E-state index is 12.3. The van der Waals surface area contributed by atoms with Crippen molar-refractivity contribution in [1.29, 1.82) is 0 Å². The summed E-state index contributed by atoms with van der Waals surface area (Å²) < 4.78 is 0. The number of benzene rings is 1. The first-order chi connectivity index (χ1) is 9.13. The number of piperidine rings is 1. The molecule has 1 fully saturated rings. The number of hydrogen-bond acceptors (Lipinski definition) is 4. The predicted octanol–water partition coefficient (Wildman–Crippen LogP) is 1.44. The minimum Gasteiger partial charge on any atom is -0.396 e. The average molecular weight is 264 g/mol. The van der Waals surface area contributed by atoms with Crippen molar-refractivity contribution >= 4 is 11.6 Å². The summed E-state index contributed by atoms with van der Waals surface area (Å²) >= 11 is 0. The highest BCUT2D eigenvalue weighted by molar-refractivity contribution is 5.98. The summed E-state index contributed by atoms with van der Waals surface area (Å²) in [6.07, 6.45) is 1.70. The fourth-order valence-corrected chi connectivity index (χ4v) is 2.38. The summed E-state index contributed by atoms with van der Waals surface area (Å²) in [6, 6.07) is 5.97. The highest BCUT2D eigenvalue weighted by atomic mass is 16.6. The van der Waals surface area contributed by atoms with Gasteiger partial charge in [-0.1, -0.05) is 12.1 Å². The number of aliphatic hydroxyl groups excluding tert-OH is 1. The quantitative estimate of drug-likeness (QED) is 0.661. The van der Waals surface area contributed by atoms with E-state index in [0.29, 0.717) is 13.1 Å². The molecule has 6 nitrogen and oxygen atoms in total. The number of amides is 1. The molecule has 1 aliphatic rings. The van der Waals surface area contributed by atoms with E-state index in [-0.39, 0.29) is 29.7 Å². The SMILES string of the molecule is O=C(c1ccccc1[N+](=O)[O-])N1CCCC(CO)C1. The van der Waals surface area contributed by atoms with E-state index in [1.807, 2.05) is 0 Å². The van der Waals surface area contributed by atoms with Crippen LogP contribution < -0.4 is 0 Å². The predicted molar refractivity (Wildman–Crippen MR) is 68.8 cm³/mol. The standard InChI is InChI=1S/C13H16N2O4/c16-9-10-4-3-7-14(8-10)13(17)11-5-1-2-6-12(11)15(18)19/h1-2,5-6,10,16H,3-4,7-9H2. The van der Waals surface area contributed by atoms with Crippen molar-refractivity contribution < 1.29 is 14.8 Å². The number of likely N-dealkylation sites (tertiary alicyclic amines) is 1. The first kappa shape index (κ1) is 13.5. The van der Waals surface area contributed by atoms with E-state index in [0.717, 1.165) is 12.8 Å². The van der Waals surface area contributed by atoms with E-state index in [1.54, 1.807) is 17.0 Å². The fraction of sp³-hybridized carbons (Fsp3) is 0.462. The number of aliphatic hydroxyl groups is 1. The van der Waals surface area contributed by atoms with E-state index in [1.165, 1.54) is 12.1 Å². The normalized spacial score (nSPS) is 19.2. The number of carbonyl (C=O) groups excluding carboxylic acids is 1. The van der Waals surface area contributed by atoms with E-state index >= 15 is 0 Å². The Morgan fingerprint density at radius 3 is 2.89 bits per heavy atom. The van der Waals surface area contributed by atoms with Gasteiger partial charge in [0, 0.05) is 25.8 Å². The van der Waals surface area contributed by atoms with Crippen molar-refractivity contribution in [2.24, 2.45) is 5.92 Å². The van der Waals surface area contributed by atoms with Crippen LogP contribution in [0.4, 0.5) is 5.69 Å². The Morgan fingerprint density at radius 2 is 2.21 bits per heavy atom. The second-order valence-corrected chi connectivity index (χ2v) is 4.72. The first-order valence-electron chi connectivity index (χ1n) is 6.27. The molecule has 0 radical (unpaired) electrons. The van der Waals surface area contributed by atoms with Crippen molar-refractivity contribution in [2.75, 3.05) is 19.7 Å². The second kappa shape index (κ2) is 5.79. The number of rotatable bonds is 3. The van der Waals surface area contributed by atoms with E-state index in [9.17, 15) is 14.9 Å². The van der Waals surface area contributed by atoms with Gasteiger partial charge in [-0.2, -0.15) is 0 Å². The average Bonchev–Trinajstić information content (AvgIpc) is 2.46. The van der Waals surface area contributed by atoms with Gasteiger partial charge in [0.1, 0.15) is 5.56 Å². The second-order valence-electron chi connectivity index (χ2n) is 4.72. The summed E-state index contributed by atoms with van der Waals surface area (Å²) in [5, 5.41) is 20.1. The molecule has 1 unspecified atom stereocenters. The van der Waals surface area contributed by atoms with Gasteiger partial charge in [-0.15, -0.1) is 0 Å². The molecular weight excluding hydrogens is 248 g/mol. The molecule has 0 bridgehead atoms. The number of hydrogen-bond donors (Lipinski definition) is 1. The van der Waals surface area contributed by atoms with Crippen molar-refractivity contribution in [3.05, 3.63) is 39.9 Å². The molecule has 102 valence electrons. The Labute approximate surface area is 110 Å². The number of nitrogens with zero attached hydrogens (tertiary/aromatic N) is 2. The van der Waals surface area contributed by atoms with Crippen molar-refractivity contribution in [1.82, 2.24) is 4.90 Å². The Kier molecular flexibility index (Phi) is 4.11. The lowest BCUT2D eigenvalue weighted by molar-refractivity contribution is -0.385. The smallest absolute Gasteiger partial charge is 0.282 e. The zero-order chi connectivity index (χ0) is 13.8. The summed E-state index contributed by atoms with van der Waals surface area (Å²) in [5.41, 5.74) is -0.0512. The molecule has 1 aliphatic heterocycles. The van der Waals surface area contributed by atoms with E-state index < -0.39 is 4.92 Å². The van der Waals surface area contributed by atoms with E-state index in [4.69, 9.17) is 5.11 Å². The molecule has 0 spiro atoms. The molecule has 1 aromatic carbocycles. The van der Waals surface area contributed by atoms with Crippen LogP contribution in [-0.2, 0) is 0 Å². The van der Waals surface area contributed by atoms with Crippen LogP contribution in [0, 0.1) is 16.0 Å². The van der Waals surface area contributed by atoms with Gasteiger partial charge in [0.15, 0.2) is 0 Å². The molecule has 0 aromatic heterocycles. The van der Waals surface area contributed by atoms with Crippen molar-refractivity contribution in [3.8, 4) is 0 Å². The molecule has 2 rings (SSSR count). The maximum absolute atomic E-state index is 12.3. The minimum atomic E-state index is -0.541. The summed E-state index contributed by atoms with van der Waals surface area (Å²) in [4.78, 5) is 24.3. The van der Waals surface area contributed by atoms with Crippen LogP contribution in [0.3, 0.4) is 0 Å². The molecule has 19 heavy (non-hydrogen) atoms. The molecule has 1 amide bonds. The Balaban J connectivity index is 2.22. The molecule has 1 saturated heterocycles. The molecule has 1 N–H and O–H groups in total. The number of carbonyl (C=O) groups is 1. The lowest BCUT2D eigenvalue weighted by atomic mass is 9.98. The number of para-hydroxylation sites is 1. The number of nitro groups is 1.